The average Bonchev–Trinajstić information content (AvgIpc) is 3.15. The highest BCUT2D eigenvalue weighted by atomic mass is 16.5. The Bertz CT molecular complexity index is 962. The summed E-state index contributed by atoms with van der Waals surface area (Å²) < 4.78 is 11.3. The molecule has 0 atom stereocenters. The van der Waals surface area contributed by atoms with E-state index in [9.17, 15) is 9.59 Å². The fraction of sp³-hybridized carbons (Fsp3) is 0.273. The molecule has 0 aliphatic rings. The fourth-order valence-electron chi connectivity index (χ4n) is 2.76. The molecule has 0 aliphatic heterocycles. The second-order valence-electron chi connectivity index (χ2n) is 6.79. The summed E-state index contributed by atoms with van der Waals surface area (Å²) >= 11 is 0. The Morgan fingerprint density at radius 3 is 2.61 bits per heavy atom. The van der Waals surface area contributed by atoms with Crippen molar-refractivity contribution in [3.05, 3.63) is 66.1 Å². The number of amides is 2. The van der Waals surface area contributed by atoms with Crippen LogP contribution in [0.1, 0.15) is 36.6 Å². The topological polar surface area (TPSA) is 80.6 Å². The smallest absolute Gasteiger partial charge is 0.287 e. The Morgan fingerprint density at radius 2 is 1.82 bits per heavy atom. The maximum Gasteiger partial charge on any atom is 0.287 e. The van der Waals surface area contributed by atoms with Crippen molar-refractivity contribution in [1.82, 2.24) is 10.6 Å². The highest BCUT2D eigenvalue weighted by Crippen LogP contribution is 2.21. The number of benzene rings is 2. The molecule has 28 heavy (non-hydrogen) atoms. The largest absolute Gasteiger partial charge is 0.486 e. The van der Waals surface area contributed by atoms with Gasteiger partial charge in [-0.1, -0.05) is 30.3 Å². The monoisotopic (exact) mass is 380 g/mol. The summed E-state index contributed by atoms with van der Waals surface area (Å²) in [6.45, 7) is 4.26. The zero-order chi connectivity index (χ0) is 19.9. The van der Waals surface area contributed by atoms with Gasteiger partial charge in [-0.3, -0.25) is 9.59 Å². The molecule has 0 bridgehead atoms. The summed E-state index contributed by atoms with van der Waals surface area (Å²) in [7, 11) is 0. The minimum Gasteiger partial charge on any atom is -0.486 e. The molecule has 1 aromatic heterocycles. The van der Waals surface area contributed by atoms with Crippen LogP contribution in [0.3, 0.4) is 0 Å². The Labute approximate surface area is 163 Å². The van der Waals surface area contributed by atoms with Crippen LogP contribution in [0, 0.1) is 0 Å². The van der Waals surface area contributed by atoms with Gasteiger partial charge in [-0.05, 0) is 48.9 Å². The van der Waals surface area contributed by atoms with Crippen molar-refractivity contribution in [2.45, 2.75) is 32.9 Å². The van der Waals surface area contributed by atoms with Crippen LogP contribution < -0.4 is 15.4 Å². The molecule has 146 valence electrons. The number of hydrogen-bond donors (Lipinski definition) is 2. The third-order valence-corrected chi connectivity index (χ3v) is 4.07. The van der Waals surface area contributed by atoms with E-state index in [1.165, 1.54) is 0 Å². The number of fused-ring (bicyclic) bond motifs is 1. The predicted octanol–water partition coefficient (Wildman–Crippen LogP) is 3.66. The summed E-state index contributed by atoms with van der Waals surface area (Å²) in [6.07, 6.45) is 0.225. The van der Waals surface area contributed by atoms with E-state index in [-0.39, 0.29) is 43.2 Å². The van der Waals surface area contributed by atoms with Crippen molar-refractivity contribution in [3.63, 3.8) is 0 Å². The Hall–Kier alpha value is -3.28. The number of carbonyl (C=O) groups is 2. The van der Waals surface area contributed by atoms with Crippen LogP contribution in [-0.2, 0) is 11.4 Å². The van der Waals surface area contributed by atoms with Crippen LogP contribution in [0.4, 0.5) is 0 Å². The van der Waals surface area contributed by atoms with Gasteiger partial charge in [0.1, 0.15) is 18.1 Å². The summed E-state index contributed by atoms with van der Waals surface area (Å²) in [5.74, 6) is 1.03. The average molecular weight is 380 g/mol. The first-order chi connectivity index (χ1) is 13.5. The van der Waals surface area contributed by atoms with Crippen molar-refractivity contribution in [2.24, 2.45) is 0 Å². The van der Waals surface area contributed by atoms with Gasteiger partial charge in [-0.15, -0.1) is 0 Å². The number of nitrogens with one attached hydrogen (secondary N) is 2. The van der Waals surface area contributed by atoms with Crippen LogP contribution in [-0.4, -0.2) is 24.4 Å². The molecule has 0 spiro atoms. The second kappa shape index (κ2) is 9.08. The highest BCUT2D eigenvalue weighted by Gasteiger charge is 2.12. The summed E-state index contributed by atoms with van der Waals surface area (Å²) in [6, 6.07) is 17.3. The SMILES string of the molecule is CC(C)NC(=O)CCNC(=O)c1ccc(COc2ccc3ccccc3c2)o1. The van der Waals surface area contributed by atoms with Gasteiger partial charge in [0.25, 0.3) is 5.91 Å². The molecule has 0 unspecified atom stereocenters. The molecule has 0 saturated heterocycles. The number of hydrogen-bond acceptors (Lipinski definition) is 4. The van der Waals surface area contributed by atoms with E-state index < -0.39 is 0 Å². The zero-order valence-corrected chi connectivity index (χ0v) is 16.0. The van der Waals surface area contributed by atoms with Gasteiger partial charge < -0.3 is 19.8 Å². The van der Waals surface area contributed by atoms with E-state index in [4.69, 9.17) is 9.15 Å². The van der Waals surface area contributed by atoms with Gasteiger partial charge >= 0.3 is 0 Å². The molecule has 2 aromatic carbocycles. The lowest BCUT2D eigenvalue weighted by Crippen LogP contribution is -2.34. The number of ether oxygens (including phenoxy) is 1. The second-order valence-corrected chi connectivity index (χ2v) is 6.79. The van der Waals surface area contributed by atoms with Crippen molar-refractivity contribution in [3.8, 4) is 5.75 Å². The molecule has 6 nitrogen and oxygen atoms in total. The molecule has 0 fully saturated rings. The third-order valence-electron chi connectivity index (χ3n) is 4.07. The van der Waals surface area contributed by atoms with Crippen molar-refractivity contribution < 1.29 is 18.7 Å². The van der Waals surface area contributed by atoms with Gasteiger partial charge in [0.15, 0.2) is 5.76 Å². The summed E-state index contributed by atoms with van der Waals surface area (Å²) in [4.78, 5) is 23.7. The van der Waals surface area contributed by atoms with E-state index in [1.54, 1.807) is 12.1 Å². The van der Waals surface area contributed by atoms with E-state index in [0.717, 1.165) is 16.5 Å². The maximum absolute atomic E-state index is 12.1. The minimum atomic E-state index is -0.352. The van der Waals surface area contributed by atoms with Crippen LogP contribution in [0.25, 0.3) is 10.8 Å². The number of furan rings is 1. The maximum atomic E-state index is 12.1. The van der Waals surface area contributed by atoms with Crippen molar-refractivity contribution in [1.29, 1.82) is 0 Å². The van der Waals surface area contributed by atoms with Gasteiger partial charge in [-0.25, -0.2) is 0 Å². The summed E-state index contributed by atoms with van der Waals surface area (Å²) in [5.41, 5.74) is 0. The predicted molar refractivity (Wildman–Crippen MR) is 107 cm³/mol. The highest BCUT2D eigenvalue weighted by molar-refractivity contribution is 5.91. The molecular formula is C22H24N2O4. The quantitative estimate of drug-likeness (QED) is 0.625. The molecular weight excluding hydrogens is 356 g/mol. The zero-order valence-electron chi connectivity index (χ0n) is 16.0. The molecule has 2 N–H and O–H groups in total. The minimum absolute atomic E-state index is 0.0819. The Kier molecular flexibility index (Phi) is 6.32. The molecule has 2 amide bonds. The van der Waals surface area contributed by atoms with Gasteiger partial charge in [0.05, 0.1) is 0 Å². The molecule has 1 heterocycles. The Balaban J connectivity index is 1.49. The van der Waals surface area contributed by atoms with Crippen LogP contribution >= 0.6 is 0 Å². The lowest BCUT2D eigenvalue weighted by Gasteiger charge is -2.08. The number of rotatable bonds is 8. The van der Waals surface area contributed by atoms with Gasteiger partial charge in [0.2, 0.25) is 5.91 Å². The Morgan fingerprint density at radius 1 is 1.04 bits per heavy atom. The molecule has 0 aliphatic carbocycles. The van der Waals surface area contributed by atoms with Crippen LogP contribution in [0.5, 0.6) is 5.75 Å². The van der Waals surface area contributed by atoms with E-state index >= 15 is 0 Å². The van der Waals surface area contributed by atoms with Gasteiger partial charge in [0, 0.05) is 19.0 Å². The first-order valence-electron chi connectivity index (χ1n) is 9.29. The molecule has 3 aromatic rings. The lowest BCUT2D eigenvalue weighted by atomic mass is 10.1. The molecule has 6 heteroatoms. The lowest BCUT2D eigenvalue weighted by molar-refractivity contribution is -0.121. The van der Waals surface area contributed by atoms with Crippen molar-refractivity contribution in [2.75, 3.05) is 6.54 Å². The first-order valence-corrected chi connectivity index (χ1v) is 9.29. The third kappa shape index (κ3) is 5.36. The van der Waals surface area contributed by atoms with E-state index in [2.05, 4.69) is 10.6 Å². The van der Waals surface area contributed by atoms with Crippen LogP contribution in [0.15, 0.2) is 59.0 Å². The van der Waals surface area contributed by atoms with Gasteiger partial charge in [-0.2, -0.15) is 0 Å². The number of carbonyl (C=O) groups excluding carboxylic acids is 2. The van der Waals surface area contributed by atoms with Crippen LogP contribution in [0.2, 0.25) is 0 Å². The van der Waals surface area contributed by atoms with E-state index in [0.29, 0.717) is 5.76 Å². The molecule has 3 rings (SSSR count). The fourth-order valence-corrected chi connectivity index (χ4v) is 2.76. The normalized spacial score (nSPS) is 10.8. The molecule has 0 radical (unpaired) electrons. The standard InChI is InChI=1S/C22H24N2O4/c1-15(2)24-21(25)11-12-23-22(26)20-10-9-19(28-20)14-27-18-8-7-16-5-3-4-6-17(16)13-18/h3-10,13,15H,11-12,14H2,1-2H3,(H,23,26)(H,24,25). The summed E-state index contributed by atoms with van der Waals surface area (Å²) in [5, 5.41) is 7.69. The molecule has 0 saturated carbocycles. The first kappa shape index (κ1) is 19.5. The van der Waals surface area contributed by atoms with Crippen molar-refractivity contribution >= 4 is 22.6 Å². The van der Waals surface area contributed by atoms with E-state index in [1.807, 2.05) is 56.3 Å².